The molecule has 4 rings (SSSR count). The van der Waals surface area contributed by atoms with E-state index in [1.807, 2.05) is 4.90 Å². The van der Waals surface area contributed by atoms with Gasteiger partial charge in [-0.15, -0.1) is 11.3 Å². The van der Waals surface area contributed by atoms with E-state index in [9.17, 15) is 30.8 Å². The SMILES string of the molecule is O=C(c1ccc(C(F)(F)F)cc1F)N1CCN(c2ccc(S(=O)(=O)Nc3nccs3)cc2)CC1. The van der Waals surface area contributed by atoms with E-state index in [1.54, 1.807) is 17.5 Å². The molecule has 34 heavy (non-hydrogen) atoms. The Balaban J connectivity index is 1.39. The van der Waals surface area contributed by atoms with Crippen molar-refractivity contribution in [3.8, 4) is 0 Å². The molecule has 7 nitrogen and oxygen atoms in total. The van der Waals surface area contributed by atoms with Gasteiger partial charge in [-0.2, -0.15) is 13.2 Å². The van der Waals surface area contributed by atoms with Crippen molar-refractivity contribution in [2.45, 2.75) is 11.1 Å². The van der Waals surface area contributed by atoms with Crippen LogP contribution in [-0.4, -0.2) is 50.4 Å². The Morgan fingerprint density at radius 2 is 1.71 bits per heavy atom. The maximum atomic E-state index is 14.2. The third-order valence-electron chi connectivity index (χ3n) is 5.26. The van der Waals surface area contributed by atoms with Gasteiger partial charge >= 0.3 is 6.18 Å². The number of thiazole rings is 1. The molecule has 0 atom stereocenters. The molecule has 13 heteroatoms. The average Bonchev–Trinajstić information content (AvgIpc) is 3.30. The summed E-state index contributed by atoms with van der Waals surface area (Å²) in [5, 5.41) is 1.91. The summed E-state index contributed by atoms with van der Waals surface area (Å²) in [7, 11) is -3.78. The molecule has 2 aromatic carbocycles. The van der Waals surface area contributed by atoms with Crippen LogP contribution >= 0.6 is 11.3 Å². The molecule has 1 aliphatic rings. The summed E-state index contributed by atoms with van der Waals surface area (Å²) in [5.41, 5.74) is -0.830. The van der Waals surface area contributed by atoms with Gasteiger partial charge in [-0.25, -0.2) is 17.8 Å². The number of alkyl halides is 3. The number of rotatable bonds is 5. The maximum absolute atomic E-state index is 14.2. The molecule has 3 aromatic rings. The summed E-state index contributed by atoms with van der Waals surface area (Å²) in [6.07, 6.45) is -3.21. The van der Waals surface area contributed by atoms with Crippen LogP contribution in [0.1, 0.15) is 15.9 Å². The number of carbonyl (C=O) groups excluding carboxylic acids is 1. The van der Waals surface area contributed by atoms with E-state index in [-0.39, 0.29) is 23.1 Å². The Morgan fingerprint density at radius 3 is 2.26 bits per heavy atom. The minimum absolute atomic E-state index is 0.0676. The van der Waals surface area contributed by atoms with Crippen LogP contribution < -0.4 is 9.62 Å². The average molecular weight is 515 g/mol. The predicted octanol–water partition coefficient (Wildman–Crippen LogP) is 4.06. The monoisotopic (exact) mass is 514 g/mol. The third-order valence-corrected chi connectivity index (χ3v) is 7.43. The van der Waals surface area contributed by atoms with Crippen LogP contribution in [0.15, 0.2) is 58.9 Å². The zero-order valence-electron chi connectivity index (χ0n) is 17.4. The topological polar surface area (TPSA) is 82.6 Å². The summed E-state index contributed by atoms with van der Waals surface area (Å²) in [6, 6.07) is 8.06. The fourth-order valence-corrected chi connectivity index (χ4v) is 5.28. The molecule has 1 aliphatic heterocycles. The number of aromatic nitrogens is 1. The molecule has 0 spiro atoms. The molecule has 1 aromatic heterocycles. The molecule has 0 unspecified atom stereocenters. The highest BCUT2D eigenvalue weighted by atomic mass is 32.2. The number of carbonyl (C=O) groups is 1. The minimum atomic E-state index is -4.69. The number of anilines is 2. The predicted molar refractivity (Wildman–Crippen MR) is 119 cm³/mol. The zero-order valence-corrected chi connectivity index (χ0v) is 19.1. The normalized spacial score (nSPS) is 14.8. The molecule has 180 valence electrons. The lowest BCUT2D eigenvalue weighted by Gasteiger charge is -2.36. The third kappa shape index (κ3) is 5.14. The van der Waals surface area contributed by atoms with Gasteiger partial charge in [-0.05, 0) is 42.5 Å². The smallest absolute Gasteiger partial charge is 0.368 e. The summed E-state index contributed by atoms with van der Waals surface area (Å²) in [4.78, 5) is 19.9. The first-order valence-corrected chi connectivity index (χ1v) is 12.3. The van der Waals surface area contributed by atoms with E-state index in [0.29, 0.717) is 25.2 Å². The first kappa shape index (κ1) is 24.0. The number of amides is 1. The molecule has 2 heterocycles. The summed E-state index contributed by atoms with van der Waals surface area (Å²) >= 11 is 1.16. The van der Waals surface area contributed by atoms with Gasteiger partial charge in [0.15, 0.2) is 5.13 Å². The van der Waals surface area contributed by atoms with Crippen molar-refractivity contribution >= 4 is 38.1 Å². The Bertz CT molecular complexity index is 1270. The minimum Gasteiger partial charge on any atom is -0.368 e. The van der Waals surface area contributed by atoms with Crippen LogP contribution in [0, 0.1) is 5.82 Å². The van der Waals surface area contributed by atoms with E-state index < -0.39 is 39.1 Å². The van der Waals surface area contributed by atoms with Crippen LogP contribution in [0.2, 0.25) is 0 Å². The molecule has 0 saturated carbocycles. The van der Waals surface area contributed by atoms with Crippen molar-refractivity contribution in [1.82, 2.24) is 9.88 Å². The van der Waals surface area contributed by atoms with Crippen molar-refractivity contribution < 1.29 is 30.8 Å². The number of nitrogens with zero attached hydrogens (tertiary/aromatic N) is 3. The lowest BCUT2D eigenvalue weighted by molar-refractivity contribution is -0.137. The summed E-state index contributed by atoms with van der Waals surface area (Å²) in [6.45, 7) is 1.23. The van der Waals surface area contributed by atoms with Crippen molar-refractivity contribution in [2.75, 3.05) is 35.8 Å². The quantitative estimate of drug-likeness (QED) is 0.520. The van der Waals surface area contributed by atoms with Gasteiger partial charge in [0, 0.05) is 43.4 Å². The van der Waals surface area contributed by atoms with E-state index in [4.69, 9.17) is 0 Å². The number of hydrogen-bond donors (Lipinski definition) is 1. The number of halogens is 4. The second kappa shape index (κ2) is 9.22. The van der Waals surface area contributed by atoms with Crippen molar-refractivity contribution in [2.24, 2.45) is 0 Å². The first-order valence-electron chi connectivity index (χ1n) is 9.98. The second-order valence-corrected chi connectivity index (χ2v) is 9.99. The Kier molecular flexibility index (Phi) is 6.49. The van der Waals surface area contributed by atoms with Crippen LogP contribution in [0.25, 0.3) is 0 Å². The number of benzene rings is 2. The second-order valence-electron chi connectivity index (χ2n) is 7.41. The Morgan fingerprint density at radius 1 is 1.03 bits per heavy atom. The lowest BCUT2D eigenvalue weighted by atomic mass is 10.1. The fourth-order valence-electron chi connectivity index (χ4n) is 3.49. The van der Waals surface area contributed by atoms with Crippen molar-refractivity contribution in [1.29, 1.82) is 0 Å². The summed E-state index contributed by atoms with van der Waals surface area (Å²) in [5.74, 6) is -1.90. The molecule has 0 radical (unpaired) electrons. The van der Waals surface area contributed by atoms with Crippen molar-refractivity contribution in [3.63, 3.8) is 0 Å². The van der Waals surface area contributed by atoms with Gasteiger partial charge in [-0.1, -0.05) is 0 Å². The van der Waals surface area contributed by atoms with Crippen molar-refractivity contribution in [3.05, 3.63) is 71.0 Å². The first-order chi connectivity index (χ1) is 16.0. The van der Waals surface area contributed by atoms with E-state index in [0.717, 1.165) is 23.1 Å². The van der Waals surface area contributed by atoms with E-state index in [1.165, 1.54) is 23.2 Å². The van der Waals surface area contributed by atoms with Crippen LogP contribution in [0.5, 0.6) is 0 Å². The van der Waals surface area contributed by atoms with Crippen LogP contribution in [0.4, 0.5) is 28.4 Å². The molecule has 1 saturated heterocycles. The van der Waals surface area contributed by atoms with E-state index in [2.05, 4.69) is 9.71 Å². The van der Waals surface area contributed by atoms with Gasteiger partial charge in [0.1, 0.15) is 5.82 Å². The Hall–Kier alpha value is -3.19. The summed E-state index contributed by atoms with van der Waals surface area (Å²) < 4.78 is 79.6. The highest BCUT2D eigenvalue weighted by Crippen LogP contribution is 2.30. The molecule has 0 bridgehead atoms. The van der Waals surface area contributed by atoms with Gasteiger partial charge in [0.25, 0.3) is 15.9 Å². The number of sulfonamides is 1. The molecule has 0 aliphatic carbocycles. The standard InChI is InChI=1S/C21H18F4N4O3S2/c22-18-13-14(21(23,24)25)1-6-17(18)19(30)29-10-8-28(9-11-29)15-2-4-16(5-3-15)34(31,32)27-20-26-7-12-33-20/h1-7,12-13H,8-11H2,(H,26,27). The van der Waals surface area contributed by atoms with Gasteiger partial charge < -0.3 is 9.80 Å². The molecule has 1 amide bonds. The highest BCUT2D eigenvalue weighted by Gasteiger charge is 2.32. The number of piperazine rings is 1. The fraction of sp³-hybridized carbons (Fsp3) is 0.238. The van der Waals surface area contributed by atoms with E-state index >= 15 is 0 Å². The molecular formula is C21H18F4N4O3S2. The van der Waals surface area contributed by atoms with Gasteiger partial charge in [0.2, 0.25) is 0 Å². The number of hydrogen-bond acceptors (Lipinski definition) is 6. The number of nitrogens with one attached hydrogen (secondary N) is 1. The zero-order chi connectivity index (χ0) is 24.5. The molecule has 1 N–H and O–H groups in total. The largest absolute Gasteiger partial charge is 0.416 e. The van der Waals surface area contributed by atoms with Gasteiger partial charge in [0.05, 0.1) is 16.0 Å². The van der Waals surface area contributed by atoms with Crippen LogP contribution in [0.3, 0.4) is 0 Å². The van der Waals surface area contributed by atoms with Gasteiger partial charge in [-0.3, -0.25) is 9.52 Å². The maximum Gasteiger partial charge on any atom is 0.416 e. The Labute approximate surface area is 196 Å². The molecule has 1 fully saturated rings. The van der Waals surface area contributed by atoms with Crippen LogP contribution in [-0.2, 0) is 16.2 Å². The highest BCUT2D eigenvalue weighted by molar-refractivity contribution is 7.93. The lowest BCUT2D eigenvalue weighted by Crippen LogP contribution is -2.49. The molecular weight excluding hydrogens is 496 g/mol.